The lowest BCUT2D eigenvalue weighted by atomic mass is 9.76. The highest BCUT2D eigenvalue weighted by Crippen LogP contribution is 2.37. The summed E-state index contributed by atoms with van der Waals surface area (Å²) in [5.74, 6) is 1.11. The van der Waals surface area contributed by atoms with Crippen LogP contribution in [0.4, 0.5) is 0 Å². The van der Waals surface area contributed by atoms with Crippen molar-refractivity contribution in [3.8, 4) is 0 Å². The zero-order chi connectivity index (χ0) is 13.7. The van der Waals surface area contributed by atoms with Crippen molar-refractivity contribution in [1.82, 2.24) is 5.32 Å². The lowest BCUT2D eigenvalue weighted by Gasteiger charge is -2.36. The minimum absolute atomic E-state index is 0.306. The smallest absolute Gasteiger partial charge is 0.0456 e. The average molecular weight is 282 g/mol. The maximum atomic E-state index is 8.95. The summed E-state index contributed by atoms with van der Waals surface area (Å²) < 4.78 is 0. The number of aliphatic hydroxyl groups is 1. The summed E-state index contributed by atoms with van der Waals surface area (Å²) in [4.78, 5) is 0. The number of hydrogen-bond acceptors (Lipinski definition) is 2. The lowest BCUT2D eigenvalue weighted by molar-refractivity contribution is 0.225. The van der Waals surface area contributed by atoms with E-state index in [1.54, 1.807) is 0 Å². The summed E-state index contributed by atoms with van der Waals surface area (Å²) in [5, 5.41) is 13.4. The Hall–Kier alpha value is -0.570. The van der Waals surface area contributed by atoms with Gasteiger partial charge in [-0.05, 0) is 61.8 Å². The van der Waals surface area contributed by atoms with Crippen LogP contribution in [0, 0.1) is 5.92 Å². The van der Waals surface area contributed by atoms with Crippen LogP contribution in [-0.4, -0.2) is 24.3 Å². The number of aliphatic hydroxyl groups excluding tert-OH is 1. The molecule has 1 atom stereocenters. The molecule has 1 fully saturated rings. The molecule has 1 saturated carbocycles. The maximum Gasteiger partial charge on any atom is 0.0456 e. The van der Waals surface area contributed by atoms with E-state index in [9.17, 15) is 0 Å². The molecule has 0 spiro atoms. The molecule has 2 N–H and O–H groups in total. The fraction of sp³-hybridized carbons (Fsp3) is 0.625. The van der Waals surface area contributed by atoms with Gasteiger partial charge in [0, 0.05) is 17.7 Å². The first-order valence-corrected chi connectivity index (χ1v) is 7.66. The topological polar surface area (TPSA) is 32.3 Å². The van der Waals surface area contributed by atoms with Crippen LogP contribution in [0.1, 0.15) is 44.1 Å². The van der Waals surface area contributed by atoms with Gasteiger partial charge in [-0.3, -0.25) is 0 Å². The molecular weight excluding hydrogens is 258 g/mol. The first-order valence-electron chi connectivity index (χ1n) is 7.28. The van der Waals surface area contributed by atoms with Crippen molar-refractivity contribution in [2.45, 2.75) is 44.6 Å². The first kappa shape index (κ1) is 14.8. The normalized spacial score (nSPS) is 23.9. The number of hydrogen-bond donors (Lipinski definition) is 2. The number of nitrogens with one attached hydrogen (secondary N) is 1. The number of benzene rings is 1. The molecule has 0 heterocycles. The SMILES string of the molecule is CC(CO)CCCNC1CC(c2cccc(Cl)c2)C1. The highest BCUT2D eigenvalue weighted by Gasteiger charge is 2.29. The van der Waals surface area contributed by atoms with Gasteiger partial charge in [-0.1, -0.05) is 30.7 Å². The molecule has 0 saturated heterocycles. The Labute approximate surface area is 121 Å². The van der Waals surface area contributed by atoms with Crippen LogP contribution in [0.15, 0.2) is 24.3 Å². The minimum Gasteiger partial charge on any atom is -0.396 e. The molecule has 0 aromatic heterocycles. The first-order chi connectivity index (χ1) is 9.19. The summed E-state index contributed by atoms with van der Waals surface area (Å²) in [6, 6.07) is 8.89. The van der Waals surface area contributed by atoms with E-state index in [1.165, 1.54) is 18.4 Å². The molecule has 1 unspecified atom stereocenters. The van der Waals surface area contributed by atoms with Crippen LogP contribution in [0.25, 0.3) is 0 Å². The van der Waals surface area contributed by atoms with Gasteiger partial charge < -0.3 is 10.4 Å². The summed E-state index contributed by atoms with van der Waals surface area (Å²) in [5.41, 5.74) is 1.37. The molecule has 0 radical (unpaired) electrons. The Morgan fingerprint density at radius 1 is 1.42 bits per heavy atom. The molecule has 3 heteroatoms. The fourth-order valence-electron chi connectivity index (χ4n) is 2.67. The molecule has 1 aromatic rings. The van der Waals surface area contributed by atoms with E-state index in [0.717, 1.165) is 24.4 Å². The van der Waals surface area contributed by atoms with E-state index in [-0.39, 0.29) is 0 Å². The van der Waals surface area contributed by atoms with Gasteiger partial charge in [-0.25, -0.2) is 0 Å². The number of halogens is 1. The summed E-state index contributed by atoms with van der Waals surface area (Å²) in [6.07, 6.45) is 4.69. The molecule has 19 heavy (non-hydrogen) atoms. The molecule has 2 nitrogen and oxygen atoms in total. The van der Waals surface area contributed by atoms with Gasteiger partial charge in [0.15, 0.2) is 0 Å². The van der Waals surface area contributed by atoms with E-state index >= 15 is 0 Å². The molecule has 1 aliphatic carbocycles. The van der Waals surface area contributed by atoms with Crippen LogP contribution in [0.3, 0.4) is 0 Å². The number of rotatable bonds is 7. The Morgan fingerprint density at radius 2 is 2.21 bits per heavy atom. The molecule has 1 aliphatic rings. The van der Waals surface area contributed by atoms with E-state index in [4.69, 9.17) is 16.7 Å². The van der Waals surface area contributed by atoms with E-state index < -0.39 is 0 Å². The second-order valence-electron chi connectivity index (χ2n) is 5.80. The Bertz CT molecular complexity index is 390. The fourth-order valence-corrected chi connectivity index (χ4v) is 2.86. The van der Waals surface area contributed by atoms with Crippen molar-refractivity contribution in [2.24, 2.45) is 5.92 Å². The largest absolute Gasteiger partial charge is 0.396 e. The minimum atomic E-state index is 0.306. The predicted molar refractivity (Wildman–Crippen MR) is 80.7 cm³/mol. The van der Waals surface area contributed by atoms with Crippen molar-refractivity contribution in [3.63, 3.8) is 0 Å². The van der Waals surface area contributed by atoms with Crippen molar-refractivity contribution in [3.05, 3.63) is 34.9 Å². The Morgan fingerprint density at radius 3 is 2.89 bits per heavy atom. The lowest BCUT2D eigenvalue weighted by Crippen LogP contribution is -2.40. The highest BCUT2D eigenvalue weighted by atomic mass is 35.5. The van der Waals surface area contributed by atoms with E-state index in [2.05, 4.69) is 24.4 Å². The predicted octanol–water partition coefficient (Wildman–Crippen LogP) is 3.58. The molecule has 0 amide bonds. The van der Waals surface area contributed by atoms with Crippen molar-refractivity contribution in [1.29, 1.82) is 0 Å². The zero-order valence-electron chi connectivity index (χ0n) is 11.6. The maximum absolute atomic E-state index is 8.95. The molecule has 0 aliphatic heterocycles. The van der Waals surface area contributed by atoms with E-state index in [0.29, 0.717) is 24.5 Å². The third kappa shape index (κ3) is 4.48. The van der Waals surface area contributed by atoms with Crippen LogP contribution < -0.4 is 5.32 Å². The van der Waals surface area contributed by atoms with Gasteiger partial charge in [-0.15, -0.1) is 0 Å². The van der Waals surface area contributed by atoms with Gasteiger partial charge in [-0.2, -0.15) is 0 Å². The van der Waals surface area contributed by atoms with Gasteiger partial charge in [0.1, 0.15) is 0 Å². The van der Waals surface area contributed by atoms with Crippen molar-refractivity contribution >= 4 is 11.6 Å². The van der Waals surface area contributed by atoms with Crippen LogP contribution >= 0.6 is 11.6 Å². The summed E-state index contributed by atoms with van der Waals surface area (Å²) in [7, 11) is 0. The second-order valence-corrected chi connectivity index (χ2v) is 6.24. The second kappa shape index (κ2) is 7.28. The van der Waals surface area contributed by atoms with Crippen molar-refractivity contribution < 1.29 is 5.11 Å². The zero-order valence-corrected chi connectivity index (χ0v) is 12.4. The quantitative estimate of drug-likeness (QED) is 0.749. The van der Waals surface area contributed by atoms with Gasteiger partial charge >= 0.3 is 0 Å². The molecule has 2 rings (SSSR count). The molecule has 1 aromatic carbocycles. The molecular formula is C16H24ClNO. The molecule has 106 valence electrons. The molecule has 0 bridgehead atoms. The van der Waals surface area contributed by atoms with Crippen LogP contribution in [0.5, 0.6) is 0 Å². The van der Waals surface area contributed by atoms with Crippen LogP contribution in [-0.2, 0) is 0 Å². The summed E-state index contributed by atoms with van der Waals surface area (Å²) in [6.45, 7) is 3.47. The Balaban J connectivity index is 1.61. The monoisotopic (exact) mass is 281 g/mol. The van der Waals surface area contributed by atoms with Crippen molar-refractivity contribution in [2.75, 3.05) is 13.2 Å². The Kier molecular flexibility index (Phi) is 5.68. The standard InChI is InChI=1S/C16H24ClNO/c1-12(11-19)4-3-7-18-16-9-14(10-16)13-5-2-6-15(17)8-13/h2,5-6,8,12,14,16,18-19H,3-4,7,9-11H2,1H3. The highest BCUT2D eigenvalue weighted by molar-refractivity contribution is 6.30. The van der Waals surface area contributed by atoms with Gasteiger partial charge in [0.25, 0.3) is 0 Å². The third-order valence-corrected chi connectivity index (χ3v) is 4.31. The third-order valence-electron chi connectivity index (χ3n) is 4.08. The van der Waals surface area contributed by atoms with E-state index in [1.807, 2.05) is 12.1 Å². The summed E-state index contributed by atoms with van der Waals surface area (Å²) >= 11 is 6.02. The van der Waals surface area contributed by atoms with Crippen LogP contribution in [0.2, 0.25) is 5.02 Å². The average Bonchev–Trinajstić information content (AvgIpc) is 2.35. The van der Waals surface area contributed by atoms with Gasteiger partial charge in [0.05, 0.1) is 0 Å². The van der Waals surface area contributed by atoms with Gasteiger partial charge in [0.2, 0.25) is 0 Å².